The molecule has 2 aromatic carbocycles. The topological polar surface area (TPSA) is 103 Å². The van der Waals surface area contributed by atoms with Gasteiger partial charge in [0.1, 0.15) is 11.5 Å². The number of sulfonamides is 1. The van der Waals surface area contributed by atoms with Gasteiger partial charge in [-0.05, 0) is 31.2 Å². The van der Waals surface area contributed by atoms with E-state index in [0.717, 1.165) is 0 Å². The normalized spacial score (nSPS) is 10.9. The average Bonchev–Trinajstić information content (AvgIpc) is 2.66. The first-order chi connectivity index (χ1) is 12.9. The summed E-state index contributed by atoms with van der Waals surface area (Å²) in [6.45, 7) is 1.91. The monoisotopic (exact) mass is 394 g/mol. The molecule has 2 N–H and O–H groups in total. The first-order valence-corrected chi connectivity index (χ1v) is 9.63. The highest BCUT2D eigenvalue weighted by atomic mass is 32.2. The molecule has 0 saturated carbocycles. The van der Waals surface area contributed by atoms with Gasteiger partial charge in [0.05, 0.1) is 31.4 Å². The zero-order valence-electron chi connectivity index (χ0n) is 15.3. The molecule has 1 amide bonds. The van der Waals surface area contributed by atoms with Gasteiger partial charge >= 0.3 is 6.09 Å². The third-order valence-electron chi connectivity index (χ3n) is 3.64. The Balaban J connectivity index is 2.23. The molecule has 2 rings (SSSR count). The minimum absolute atomic E-state index is 0.0232. The summed E-state index contributed by atoms with van der Waals surface area (Å²) in [6, 6.07) is 11.3. The van der Waals surface area contributed by atoms with Gasteiger partial charge in [-0.25, -0.2) is 17.9 Å². The van der Waals surface area contributed by atoms with Crippen LogP contribution in [0.25, 0.3) is 0 Å². The van der Waals surface area contributed by atoms with Crippen molar-refractivity contribution in [3.63, 3.8) is 0 Å². The lowest BCUT2D eigenvalue weighted by Gasteiger charge is -2.13. The highest BCUT2D eigenvalue weighted by Gasteiger charge is 2.18. The SMILES string of the molecule is CCOC(=O)Nc1cc(S(=O)(=O)NCc2ccccc2OC)ccc1OC. The molecule has 8 nitrogen and oxygen atoms in total. The van der Waals surface area contributed by atoms with Crippen molar-refractivity contribution in [2.24, 2.45) is 0 Å². The highest BCUT2D eigenvalue weighted by Crippen LogP contribution is 2.28. The zero-order valence-corrected chi connectivity index (χ0v) is 16.1. The Bertz CT molecular complexity index is 898. The predicted octanol–water partition coefficient (Wildman–Crippen LogP) is 2.75. The van der Waals surface area contributed by atoms with Crippen molar-refractivity contribution in [1.82, 2.24) is 4.72 Å². The Morgan fingerprint density at radius 2 is 1.74 bits per heavy atom. The van der Waals surface area contributed by atoms with E-state index in [1.165, 1.54) is 32.4 Å². The number of anilines is 1. The molecular formula is C18H22N2O6S. The molecule has 0 radical (unpaired) electrons. The second-order valence-electron chi connectivity index (χ2n) is 5.34. The van der Waals surface area contributed by atoms with Crippen LogP contribution in [0.15, 0.2) is 47.4 Å². The minimum Gasteiger partial charge on any atom is -0.496 e. The van der Waals surface area contributed by atoms with Gasteiger partial charge in [-0.15, -0.1) is 0 Å². The summed E-state index contributed by atoms with van der Waals surface area (Å²) in [5.41, 5.74) is 0.887. The van der Waals surface area contributed by atoms with Gasteiger partial charge in [-0.3, -0.25) is 5.32 Å². The first-order valence-electron chi connectivity index (χ1n) is 8.14. The molecule has 0 heterocycles. The Hall–Kier alpha value is -2.78. The van der Waals surface area contributed by atoms with E-state index in [4.69, 9.17) is 14.2 Å². The molecular weight excluding hydrogens is 372 g/mol. The van der Waals surface area contributed by atoms with Crippen molar-refractivity contribution in [3.05, 3.63) is 48.0 Å². The maximum absolute atomic E-state index is 12.6. The summed E-state index contributed by atoms with van der Waals surface area (Å²) in [4.78, 5) is 11.6. The second-order valence-corrected chi connectivity index (χ2v) is 7.11. The Morgan fingerprint density at radius 1 is 1.04 bits per heavy atom. The largest absolute Gasteiger partial charge is 0.496 e. The number of hydrogen-bond acceptors (Lipinski definition) is 6. The third-order valence-corrected chi connectivity index (χ3v) is 5.04. The standard InChI is InChI=1S/C18H22N2O6S/c1-4-26-18(21)20-15-11-14(9-10-17(15)25-3)27(22,23)19-12-13-7-5-6-8-16(13)24-2/h5-11,19H,4,12H2,1-3H3,(H,20,21). The van der Waals surface area contributed by atoms with Gasteiger partial charge < -0.3 is 14.2 Å². The van der Waals surface area contributed by atoms with Crippen molar-refractivity contribution in [2.45, 2.75) is 18.4 Å². The fourth-order valence-electron chi connectivity index (χ4n) is 2.33. The molecule has 0 aliphatic rings. The van der Waals surface area contributed by atoms with E-state index < -0.39 is 16.1 Å². The molecule has 0 spiro atoms. The molecule has 0 aliphatic heterocycles. The lowest BCUT2D eigenvalue weighted by atomic mass is 10.2. The van der Waals surface area contributed by atoms with Gasteiger partial charge in [0.15, 0.2) is 0 Å². The van der Waals surface area contributed by atoms with Crippen molar-refractivity contribution in [1.29, 1.82) is 0 Å². The summed E-state index contributed by atoms with van der Waals surface area (Å²) in [7, 11) is -0.898. The van der Waals surface area contributed by atoms with Crippen molar-refractivity contribution >= 4 is 21.8 Å². The quantitative estimate of drug-likeness (QED) is 0.714. The van der Waals surface area contributed by atoms with E-state index in [-0.39, 0.29) is 23.7 Å². The average molecular weight is 394 g/mol. The Kier molecular flexibility index (Phi) is 7.03. The van der Waals surface area contributed by atoms with Crippen LogP contribution < -0.4 is 19.5 Å². The molecule has 0 saturated heterocycles. The smallest absolute Gasteiger partial charge is 0.411 e. The Labute approximate surface area is 158 Å². The van der Waals surface area contributed by atoms with Gasteiger partial charge in [0.2, 0.25) is 10.0 Å². The number of para-hydroxylation sites is 1. The van der Waals surface area contributed by atoms with E-state index in [2.05, 4.69) is 10.0 Å². The lowest BCUT2D eigenvalue weighted by molar-refractivity contribution is 0.168. The van der Waals surface area contributed by atoms with Crippen LogP contribution >= 0.6 is 0 Å². The van der Waals surface area contributed by atoms with Crippen LogP contribution in [0, 0.1) is 0 Å². The maximum atomic E-state index is 12.6. The number of rotatable bonds is 8. The number of hydrogen-bond donors (Lipinski definition) is 2. The van der Waals surface area contributed by atoms with Crippen molar-refractivity contribution in [3.8, 4) is 11.5 Å². The van der Waals surface area contributed by atoms with Crippen LogP contribution in [0.2, 0.25) is 0 Å². The van der Waals surface area contributed by atoms with Crippen molar-refractivity contribution in [2.75, 3.05) is 26.1 Å². The number of methoxy groups -OCH3 is 2. The number of benzene rings is 2. The Morgan fingerprint density at radius 3 is 2.41 bits per heavy atom. The van der Waals surface area contributed by atoms with Crippen LogP contribution in [0.1, 0.15) is 12.5 Å². The van der Waals surface area contributed by atoms with Crippen LogP contribution in [0.4, 0.5) is 10.5 Å². The summed E-state index contributed by atoms with van der Waals surface area (Å²) in [6.07, 6.45) is -0.702. The third kappa shape index (κ3) is 5.35. The van der Waals surface area contributed by atoms with Gasteiger partial charge in [-0.2, -0.15) is 0 Å². The number of ether oxygens (including phenoxy) is 3. The van der Waals surface area contributed by atoms with Crippen LogP contribution in [-0.4, -0.2) is 35.3 Å². The molecule has 0 aromatic heterocycles. The van der Waals surface area contributed by atoms with E-state index in [1.54, 1.807) is 31.2 Å². The molecule has 0 bridgehead atoms. The second kappa shape index (κ2) is 9.24. The molecule has 146 valence electrons. The van der Waals surface area contributed by atoms with Gasteiger partial charge in [0.25, 0.3) is 0 Å². The summed E-state index contributed by atoms with van der Waals surface area (Å²) in [5, 5.41) is 2.47. The summed E-state index contributed by atoms with van der Waals surface area (Å²) in [5.74, 6) is 0.895. The van der Waals surface area contributed by atoms with Crippen LogP contribution in [-0.2, 0) is 21.3 Å². The van der Waals surface area contributed by atoms with E-state index in [1.807, 2.05) is 0 Å². The summed E-state index contributed by atoms with van der Waals surface area (Å²) < 4.78 is 43.0. The lowest BCUT2D eigenvalue weighted by Crippen LogP contribution is -2.24. The van der Waals surface area contributed by atoms with Crippen molar-refractivity contribution < 1.29 is 27.4 Å². The number of nitrogens with one attached hydrogen (secondary N) is 2. The van der Waals surface area contributed by atoms with Gasteiger partial charge in [-0.1, -0.05) is 18.2 Å². The van der Waals surface area contributed by atoms with E-state index >= 15 is 0 Å². The molecule has 2 aromatic rings. The number of amides is 1. The zero-order chi connectivity index (χ0) is 19.9. The fraction of sp³-hybridized carbons (Fsp3) is 0.278. The molecule has 0 atom stereocenters. The first kappa shape index (κ1) is 20.5. The molecule has 0 unspecified atom stereocenters. The van der Waals surface area contributed by atoms with E-state index in [9.17, 15) is 13.2 Å². The maximum Gasteiger partial charge on any atom is 0.411 e. The molecule has 9 heteroatoms. The summed E-state index contributed by atoms with van der Waals surface area (Å²) >= 11 is 0. The minimum atomic E-state index is -3.83. The number of carbonyl (C=O) groups excluding carboxylic acids is 1. The molecule has 0 aliphatic carbocycles. The van der Waals surface area contributed by atoms with E-state index in [0.29, 0.717) is 17.1 Å². The highest BCUT2D eigenvalue weighted by molar-refractivity contribution is 7.89. The predicted molar refractivity (Wildman–Crippen MR) is 101 cm³/mol. The van der Waals surface area contributed by atoms with Gasteiger partial charge in [0, 0.05) is 12.1 Å². The van der Waals surface area contributed by atoms with Crippen LogP contribution in [0.5, 0.6) is 11.5 Å². The molecule has 27 heavy (non-hydrogen) atoms. The molecule has 0 fully saturated rings. The number of carbonyl (C=O) groups is 1. The fourth-order valence-corrected chi connectivity index (χ4v) is 3.37. The van der Waals surface area contributed by atoms with Crippen LogP contribution in [0.3, 0.4) is 0 Å².